The predicted octanol–water partition coefficient (Wildman–Crippen LogP) is 7.81. The molecule has 254 valence electrons. The van der Waals surface area contributed by atoms with Gasteiger partial charge in [-0.15, -0.1) is 0 Å². The molecule has 3 aromatic heterocycles. The minimum Gasteiger partial charge on any atom is -0.496 e. The summed E-state index contributed by atoms with van der Waals surface area (Å²) in [6.45, 7) is 1.87. The molecule has 0 radical (unpaired) electrons. The van der Waals surface area contributed by atoms with E-state index in [1.54, 1.807) is 67.2 Å². The van der Waals surface area contributed by atoms with Crippen molar-refractivity contribution in [3.05, 3.63) is 123 Å². The highest BCUT2D eigenvalue weighted by atomic mass is 127. The van der Waals surface area contributed by atoms with Crippen LogP contribution in [-0.2, 0) is 22.6 Å². The van der Waals surface area contributed by atoms with Crippen molar-refractivity contribution in [2.75, 3.05) is 13.7 Å². The average Bonchev–Trinajstić information content (AvgIpc) is 3.40. The van der Waals surface area contributed by atoms with Crippen molar-refractivity contribution in [3.63, 3.8) is 0 Å². The molecule has 0 saturated heterocycles. The molecule has 0 spiro atoms. The Morgan fingerprint density at radius 2 is 1.84 bits per heavy atom. The molecule has 0 amide bonds. The van der Waals surface area contributed by atoms with Gasteiger partial charge in [-0.25, -0.2) is 24.1 Å². The predicted molar refractivity (Wildman–Crippen MR) is 193 cm³/mol. The quantitative estimate of drug-likeness (QED) is 0.0655. The number of hydrogen-bond acceptors (Lipinski definition) is 9. The molecule has 50 heavy (non-hydrogen) atoms. The van der Waals surface area contributed by atoms with E-state index in [9.17, 15) is 14.0 Å². The molecule has 3 aromatic carbocycles. The third-order valence-electron chi connectivity index (χ3n) is 7.70. The second-order valence-electron chi connectivity index (χ2n) is 10.8. The Morgan fingerprint density at radius 1 is 1.04 bits per heavy atom. The van der Waals surface area contributed by atoms with Gasteiger partial charge in [-0.3, -0.25) is 9.20 Å². The van der Waals surface area contributed by atoms with Gasteiger partial charge in [-0.1, -0.05) is 35.9 Å². The number of carbonyl (C=O) groups is 2. The maximum absolute atomic E-state index is 13.7. The smallest absolute Gasteiger partial charge is 0.347 e. The van der Waals surface area contributed by atoms with Gasteiger partial charge in [0.15, 0.2) is 5.82 Å². The second-order valence-corrected chi connectivity index (χ2v) is 12.3. The molecule has 0 fully saturated rings. The summed E-state index contributed by atoms with van der Waals surface area (Å²) in [4.78, 5) is 38.7. The largest absolute Gasteiger partial charge is 0.496 e. The van der Waals surface area contributed by atoms with E-state index in [1.165, 1.54) is 18.3 Å². The fourth-order valence-electron chi connectivity index (χ4n) is 5.35. The van der Waals surface area contributed by atoms with Crippen LogP contribution in [0, 0.1) is 9.39 Å². The molecule has 0 unspecified atom stereocenters. The third-order valence-corrected chi connectivity index (χ3v) is 9.12. The molecule has 0 aliphatic carbocycles. The van der Waals surface area contributed by atoms with Crippen LogP contribution in [-0.4, -0.2) is 51.4 Å². The Morgan fingerprint density at radius 3 is 2.60 bits per heavy atom. The summed E-state index contributed by atoms with van der Waals surface area (Å²) in [6.07, 6.45) is 4.31. The molecule has 3 heterocycles. The number of hydrogen-bond donors (Lipinski definition) is 0. The molecule has 0 aliphatic heterocycles. The number of nitrogens with zero attached hydrogens (tertiary/aromatic N) is 4. The Bertz CT molecular complexity index is 2180. The molecule has 10 nitrogen and oxygen atoms in total. The molecular formula is C37H29ClFIN4O6. The number of methoxy groups -OCH3 is 1. The summed E-state index contributed by atoms with van der Waals surface area (Å²) in [5, 5.41) is 0.365. The Balaban J connectivity index is 1.31. The Labute approximate surface area is 305 Å². The zero-order valence-electron chi connectivity index (χ0n) is 26.8. The fraction of sp³-hybridized carbons (Fsp3) is 0.162. The molecule has 0 aliphatic rings. The van der Waals surface area contributed by atoms with Crippen molar-refractivity contribution in [3.8, 4) is 39.9 Å². The van der Waals surface area contributed by atoms with Crippen LogP contribution in [0.4, 0.5) is 4.39 Å². The van der Waals surface area contributed by atoms with Crippen molar-refractivity contribution >= 4 is 52.0 Å². The molecule has 0 N–H and O–H groups in total. The lowest BCUT2D eigenvalue weighted by Crippen LogP contribution is -2.32. The number of esters is 1. The van der Waals surface area contributed by atoms with Gasteiger partial charge in [-0.05, 0) is 89.2 Å². The molecule has 13 heteroatoms. The van der Waals surface area contributed by atoms with E-state index in [-0.39, 0.29) is 31.3 Å². The third kappa shape index (κ3) is 7.41. The number of rotatable bonds is 13. The van der Waals surface area contributed by atoms with Crippen LogP contribution in [0.5, 0.6) is 17.4 Å². The SMILES string of the molecule is CCOC(=O)[C@@H](Cc1cc(C=O)ccc1OCc1ccnc(-c2ccccc2OC)n1)Oc1nccn2c(Cl)c(-c3ccc(F)cc3)c(I)c12. The Hall–Kier alpha value is -5.08. The van der Waals surface area contributed by atoms with E-state index in [4.69, 9.17) is 30.5 Å². The number of benzene rings is 3. The lowest BCUT2D eigenvalue weighted by Gasteiger charge is -2.20. The lowest BCUT2D eigenvalue weighted by molar-refractivity contribution is -0.151. The van der Waals surface area contributed by atoms with E-state index < -0.39 is 12.1 Å². The first-order valence-corrected chi connectivity index (χ1v) is 16.9. The zero-order chi connectivity index (χ0) is 35.2. The number of para-hydroxylation sites is 1. The standard InChI is InChI=1S/C37H29ClFIN4O6/c1-3-48-37(46)30(50-36-33-32(40)31(23-9-11-25(39)12-10-23)34(38)44(33)17-16-42-36)19-24-18-22(20-45)8-13-28(24)49-21-26-14-15-41-35(43-26)27-6-4-5-7-29(27)47-2/h4-18,20,30H,3,19,21H2,1-2H3/t30-/m1/s1. The summed E-state index contributed by atoms with van der Waals surface area (Å²) in [7, 11) is 1.58. The van der Waals surface area contributed by atoms with Crippen molar-refractivity contribution in [1.82, 2.24) is 19.4 Å². The maximum Gasteiger partial charge on any atom is 0.347 e. The summed E-state index contributed by atoms with van der Waals surface area (Å²) >= 11 is 8.94. The first-order chi connectivity index (χ1) is 24.3. The van der Waals surface area contributed by atoms with Gasteiger partial charge in [-0.2, -0.15) is 0 Å². The van der Waals surface area contributed by atoms with E-state index >= 15 is 0 Å². The number of aromatic nitrogens is 4. The van der Waals surface area contributed by atoms with E-state index in [1.807, 2.05) is 24.3 Å². The van der Waals surface area contributed by atoms with Crippen LogP contribution in [0.3, 0.4) is 0 Å². The first kappa shape index (κ1) is 34.8. The van der Waals surface area contributed by atoms with E-state index in [0.717, 1.165) is 5.56 Å². The van der Waals surface area contributed by atoms with Crippen LogP contribution >= 0.6 is 34.2 Å². The second kappa shape index (κ2) is 15.6. The van der Waals surface area contributed by atoms with E-state index in [0.29, 0.717) is 65.8 Å². The van der Waals surface area contributed by atoms with Gasteiger partial charge in [0.1, 0.15) is 40.9 Å². The van der Waals surface area contributed by atoms with Gasteiger partial charge in [0.2, 0.25) is 12.0 Å². The minimum atomic E-state index is -1.19. The summed E-state index contributed by atoms with van der Waals surface area (Å²) in [5.74, 6) is 0.641. The lowest BCUT2D eigenvalue weighted by atomic mass is 10.0. The van der Waals surface area contributed by atoms with Gasteiger partial charge >= 0.3 is 5.97 Å². The van der Waals surface area contributed by atoms with Crippen molar-refractivity contribution in [1.29, 1.82) is 0 Å². The molecule has 6 rings (SSSR count). The van der Waals surface area contributed by atoms with E-state index in [2.05, 4.69) is 37.5 Å². The highest BCUT2D eigenvalue weighted by Gasteiger charge is 2.28. The Kier molecular flexibility index (Phi) is 10.9. The van der Waals surface area contributed by atoms with Gasteiger partial charge < -0.3 is 18.9 Å². The van der Waals surface area contributed by atoms with Crippen LogP contribution < -0.4 is 14.2 Å². The number of halogens is 3. The minimum absolute atomic E-state index is 0.0232. The first-order valence-electron chi connectivity index (χ1n) is 15.4. The van der Waals surface area contributed by atoms with Crippen molar-refractivity contribution in [2.45, 2.75) is 26.1 Å². The number of carbonyl (C=O) groups excluding carboxylic acids is 2. The molecule has 0 bridgehead atoms. The van der Waals surface area contributed by atoms with Gasteiger partial charge in [0.05, 0.1) is 28.5 Å². The molecule has 0 saturated carbocycles. The maximum atomic E-state index is 13.7. The highest BCUT2D eigenvalue weighted by molar-refractivity contribution is 14.1. The van der Waals surface area contributed by atoms with Crippen LogP contribution in [0.15, 0.2) is 91.4 Å². The topological polar surface area (TPSA) is 114 Å². The highest BCUT2D eigenvalue weighted by Crippen LogP contribution is 2.40. The number of aldehydes is 1. The van der Waals surface area contributed by atoms with Crippen LogP contribution in [0.2, 0.25) is 5.15 Å². The van der Waals surface area contributed by atoms with Crippen molar-refractivity contribution in [2.24, 2.45) is 0 Å². The summed E-state index contributed by atoms with van der Waals surface area (Å²) in [5.41, 5.74) is 4.10. The summed E-state index contributed by atoms with van der Waals surface area (Å²) < 4.78 is 39.5. The van der Waals surface area contributed by atoms with Crippen LogP contribution in [0.25, 0.3) is 28.0 Å². The zero-order valence-corrected chi connectivity index (χ0v) is 29.7. The molecular weight excluding hydrogens is 778 g/mol. The van der Waals surface area contributed by atoms with Crippen molar-refractivity contribution < 1.29 is 32.9 Å². The van der Waals surface area contributed by atoms with Gasteiger partial charge in [0, 0.05) is 36.1 Å². The molecule has 1 atom stereocenters. The molecule has 6 aromatic rings. The van der Waals surface area contributed by atoms with Crippen LogP contribution in [0.1, 0.15) is 28.5 Å². The normalized spacial score (nSPS) is 11.6. The number of ether oxygens (including phenoxy) is 4. The monoisotopic (exact) mass is 806 g/mol. The van der Waals surface area contributed by atoms with Gasteiger partial charge in [0.25, 0.3) is 0 Å². The summed E-state index contributed by atoms with van der Waals surface area (Å²) in [6, 6.07) is 20.1. The fourth-order valence-corrected chi connectivity index (χ4v) is 6.91. The average molecular weight is 807 g/mol. The number of fused-ring (bicyclic) bond motifs is 1.